The second-order valence-electron chi connectivity index (χ2n) is 16.5. The lowest BCUT2D eigenvalue weighted by Crippen LogP contribution is -2.60. The Balaban J connectivity index is 1.06. The highest BCUT2D eigenvalue weighted by Crippen LogP contribution is 2.46. The number of piperazine rings is 1. The van der Waals surface area contributed by atoms with Crippen molar-refractivity contribution in [2.24, 2.45) is 0 Å². The molecular weight excluding hydrogens is 735 g/mol. The van der Waals surface area contributed by atoms with Gasteiger partial charge in [0, 0.05) is 55.0 Å². The smallest absolute Gasteiger partial charge is 0.475 e. The first-order chi connectivity index (χ1) is 27.7. The fraction of sp³-hybridized carbons (Fsp3) is 0.535. The molecule has 0 radical (unpaired) electrons. The predicted octanol–water partition coefficient (Wildman–Crippen LogP) is 6.83. The summed E-state index contributed by atoms with van der Waals surface area (Å²) in [4.78, 5) is 31.6. The van der Waals surface area contributed by atoms with E-state index >= 15 is 4.39 Å². The first-order valence-electron chi connectivity index (χ1n) is 20.4. The van der Waals surface area contributed by atoms with Crippen molar-refractivity contribution in [1.82, 2.24) is 25.2 Å². The molecule has 1 N–H and O–H groups in total. The van der Waals surface area contributed by atoms with Crippen molar-refractivity contribution >= 4 is 33.6 Å². The molecule has 2 aromatic carbocycles. The maximum absolute atomic E-state index is 17.6. The quantitative estimate of drug-likeness (QED) is 0.115. The molecule has 10 rings (SSSR count). The van der Waals surface area contributed by atoms with E-state index in [0.717, 1.165) is 64.3 Å². The number of rotatable bonds is 8. The van der Waals surface area contributed by atoms with E-state index < -0.39 is 30.0 Å². The second kappa shape index (κ2) is 14.4. The molecule has 1 aliphatic carbocycles. The van der Waals surface area contributed by atoms with Crippen molar-refractivity contribution in [3.63, 3.8) is 0 Å². The van der Waals surface area contributed by atoms with Crippen molar-refractivity contribution < 1.29 is 37.3 Å². The van der Waals surface area contributed by atoms with Crippen LogP contribution in [0.1, 0.15) is 76.7 Å². The minimum Gasteiger partial charge on any atom is -0.475 e. The van der Waals surface area contributed by atoms with Crippen molar-refractivity contribution in [2.75, 3.05) is 37.7 Å². The Kier molecular flexibility index (Phi) is 9.20. The first kappa shape index (κ1) is 36.3. The number of nitrogens with one attached hydrogen (secondary N) is 1. The maximum atomic E-state index is 17.6. The van der Waals surface area contributed by atoms with E-state index in [2.05, 4.69) is 21.0 Å². The fourth-order valence-corrected chi connectivity index (χ4v) is 10.3. The van der Waals surface area contributed by atoms with Crippen LogP contribution >= 0.6 is 0 Å². The van der Waals surface area contributed by atoms with E-state index in [1.54, 1.807) is 25.1 Å². The molecule has 0 spiro atoms. The van der Waals surface area contributed by atoms with Gasteiger partial charge >= 0.3 is 12.2 Å². The number of fused-ring (bicyclic) bond motifs is 7. The molecule has 6 aliphatic rings. The number of hydrogen-bond acceptors (Lipinski definition) is 12. The number of terminal acetylenes is 1. The Morgan fingerprint density at radius 3 is 2.84 bits per heavy atom. The Morgan fingerprint density at radius 1 is 1.11 bits per heavy atom. The molecule has 4 aromatic rings. The summed E-state index contributed by atoms with van der Waals surface area (Å²) in [5, 5.41) is 5.32. The van der Waals surface area contributed by atoms with Gasteiger partial charge in [0.05, 0.1) is 11.6 Å². The molecule has 5 aliphatic heterocycles. The number of carbonyl (C=O) groups is 1. The van der Waals surface area contributed by atoms with Crippen molar-refractivity contribution in [3.05, 3.63) is 41.7 Å². The van der Waals surface area contributed by atoms with Crippen LogP contribution < -0.4 is 24.4 Å². The summed E-state index contributed by atoms with van der Waals surface area (Å²) in [5.74, 6) is 3.04. The number of benzene rings is 2. The molecule has 12 nitrogen and oxygen atoms in total. The average molecular weight is 781 g/mol. The predicted molar refractivity (Wildman–Crippen MR) is 208 cm³/mol. The summed E-state index contributed by atoms with van der Waals surface area (Å²) in [5.41, 5.74) is 0.372. The van der Waals surface area contributed by atoms with Crippen molar-refractivity contribution in [3.8, 4) is 41.2 Å². The van der Waals surface area contributed by atoms with Crippen LogP contribution in [0.2, 0.25) is 0 Å². The van der Waals surface area contributed by atoms with Crippen LogP contribution in [0.15, 0.2) is 30.3 Å². The van der Waals surface area contributed by atoms with Crippen LogP contribution in [0.5, 0.6) is 17.6 Å². The summed E-state index contributed by atoms with van der Waals surface area (Å²) in [6.07, 6.45) is 12.0. The van der Waals surface area contributed by atoms with E-state index in [1.807, 2.05) is 12.1 Å². The van der Waals surface area contributed by atoms with Gasteiger partial charge in [-0.2, -0.15) is 9.97 Å². The highest BCUT2D eigenvalue weighted by atomic mass is 19.1. The van der Waals surface area contributed by atoms with Gasteiger partial charge in [-0.15, -0.1) is 6.42 Å². The van der Waals surface area contributed by atoms with Crippen LogP contribution in [-0.2, 0) is 9.47 Å². The highest BCUT2D eigenvalue weighted by molar-refractivity contribution is 6.04. The van der Waals surface area contributed by atoms with Gasteiger partial charge in [0.2, 0.25) is 12.2 Å². The molecule has 6 atom stereocenters. The number of ether oxygens (including phenoxy) is 5. The van der Waals surface area contributed by atoms with Gasteiger partial charge in [-0.3, -0.25) is 4.90 Å². The fourth-order valence-electron chi connectivity index (χ4n) is 10.3. The average Bonchev–Trinajstić information content (AvgIpc) is 3.84. The molecule has 7 heterocycles. The summed E-state index contributed by atoms with van der Waals surface area (Å²) >= 11 is 0. The molecular formula is C43H46F2N6O6. The lowest BCUT2D eigenvalue weighted by Gasteiger charge is -2.40. The van der Waals surface area contributed by atoms with Gasteiger partial charge in [-0.05, 0) is 81.5 Å². The number of halogens is 2. The zero-order chi connectivity index (χ0) is 38.8. The van der Waals surface area contributed by atoms with Crippen LogP contribution in [0.4, 0.5) is 19.4 Å². The normalized spacial score (nSPS) is 27.3. The molecule has 14 heteroatoms. The van der Waals surface area contributed by atoms with Gasteiger partial charge < -0.3 is 33.9 Å². The molecule has 1 unspecified atom stereocenters. The van der Waals surface area contributed by atoms with Crippen LogP contribution in [0.3, 0.4) is 0 Å². The van der Waals surface area contributed by atoms with Crippen molar-refractivity contribution in [1.29, 1.82) is 0 Å². The van der Waals surface area contributed by atoms with Gasteiger partial charge in [0.25, 0.3) is 0 Å². The minimum absolute atomic E-state index is 0.00285. The lowest BCUT2D eigenvalue weighted by atomic mass is 9.95. The minimum atomic E-state index is -1.02. The number of aromatic nitrogens is 3. The summed E-state index contributed by atoms with van der Waals surface area (Å²) in [6, 6.07) is 9.20. The van der Waals surface area contributed by atoms with E-state index in [9.17, 15) is 9.18 Å². The Morgan fingerprint density at radius 2 is 1.98 bits per heavy atom. The van der Waals surface area contributed by atoms with Crippen LogP contribution in [-0.4, -0.2) is 101 Å². The molecule has 1 saturated carbocycles. The molecule has 57 heavy (non-hydrogen) atoms. The number of alkyl halides is 1. The monoisotopic (exact) mass is 780 g/mol. The first-order valence-corrected chi connectivity index (χ1v) is 20.4. The van der Waals surface area contributed by atoms with Crippen LogP contribution in [0, 0.1) is 18.2 Å². The number of nitrogens with zero attached hydrogens (tertiary/aromatic N) is 5. The van der Waals surface area contributed by atoms with Crippen LogP contribution in [0.25, 0.3) is 32.9 Å². The van der Waals surface area contributed by atoms with Gasteiger partial charge in [0.1, 0.15) is 53.7 Å². The van der Waals surface area contributed by atoms with E-state index in [0.29, 0.717) is 65.0 Å². The largest absolute Gasteiger partial charge is 0.511 e. The molecule has 2 bridgehead atoms. The standard InChI is InChI=1S/C43H46F2N6O6/c1-3-25-9-7-10-26-17-30(55-24(2)56-42(52)57-29-11-5-4-6-12-29)18-31(34(25)26)37-36(45)38-35-39(51-21-28-13-14-32(46-28)33(51)22-53-40(35)47-37)49-41(48-38)54-23-43-15-8-16-50(43)20-27(44)19-43/h1,7,9-10,17-18,24,27-29,32-33,46H,4-6,8,11-16,19-23H2,2H3/t24?,27-,28-,32+,33-,43+/m1/s1. The number of carbonyl (C=O) groups excluding carboxylic acids is 1. The number of anilines is 1. The lowest BCUT2D eigenvalue weighted by molar-refractivity contribution is -0.0682. The van der Waals surface area contributed by atoms with Gasteiger partial charge in [0.15, 0.2) is 5.82 Å². The number of pyridine rings is 1. The maximum Gasteiger partial charge on any atom is 0.511 e. The Labute approximate surface area is 329 Å². The third kappa shape index (κ3) is 6.52. The highest BCUT2D eigenvalue weighted by Gasteiger charge is 2.50. The third-order valence-electron chi connectivity index (χ3n) is 12.9. The van der Waals surface area contributed by atoms with Gasteiger partial charge in [-0.25, -0.2) is 18.6 Å². The Bertz CT molecular complexity index is 2280. The van der Waals surface area contributed by atoms with Crippen molar-refractivity contribution in [2.45, 2.75) is 113 Å². The SMILES string of the molecule is C#Cc1cccc2cc(OC(C)OC(=O)OC3CCCCC3)cc(-c3nc4c5c(nc(OC[C@@]67CCCN6C[C@H](F)C7)nc5c3F)N3C[C@H]5CC[C@H](N5)[C@H]3CO4)c12. The molecule has 5 fully saturated rings. The molecule has 2 aromatic heterocycles. The summed E-state index contributed by atoms with van der Waals surface area (Å²) < 4.78 is 62.4. The second-order valence-corrected chi connectivity index (χ2v) is 16.5. The van der Waals surface area contributed by atoms with E-state index in [4.69, 9.17) is 45.1 Å². The van der Waals surface area contributed by atoms with E-state index in [-0.39, 0.29) is 53.9 Å². The molecule has 298 valence electrons. The van der Waals surface area contributed by atoms with Gasteiger partial charge in [-0.1, -0.05) is 24.5 Å². The summed E-state index contributed by atoms with van der Waals surface area (Å²) in [7, 11) is 0. The molecule has 0 amide bonds. The zero-order valence-corrected chi connectivity index (χ0v) is 32.0. The Hall–Kier alpha value is -5.00. The van der Waals surface area contributed by atoms with E-state index in [1.165, 1.54) is 0 Å². The topological polar surface area (TPSA) is 120 Å². The third-order valence-corrected chi connectivity index (χ3v) is 12.9. The zero-order valence-electron chi connectivity index (χ0n) is 32.0. The number of hydrogen-bond donors (Lipinski definition) is 1. The molecule has 4 saturated heterocycles. The summed E-state index contributed by atoms with van der Waals surface area (Å²) in [6.45, 7) is 3.95.